The van der Waals surface area contributed by atoms with Gasteiger partial charge in [-0.2, -0.15) is 0 Å². The lowest BCUT2D eigenvalue weighted by Gasteiger charge is -2.22. The zero-order valence-corrected chi connectivity index (χ0v) is 11.2. The normalized spacial score (nSPS) is 24.6. The summed E-state index contributed by atoms with van der Waals surface area (Å²) in [5, 5.41) is 17.5. The van der Waals surface area contributed by atoms with Gasteiger partial charge in [0.15, 0.2) is 0 Å². The van der Waals surface area contributed by atoms with Crippen molar-refractivity contribution in [2.45, 2.75) is 33.2 Å². The van der Waals surface area contributed by atoms with E-state index in [1.807, 2.05) is 25.5 Å². The van der Waals surface area contributed by atoms with Crippen molar-refractivity contribution in [3.8, 4) is 0 Å². The average Bonchev–Trinajstić information content (AvgIpc) is 2.89. The molecule has 0 radical (unpaired) electrons. The van der Waals surface area contributed by atoms with Gasteiger partial charge in [-0.05, 0) is 26.3 Å². The number of aromatic nitrogens is 3. The molecule has 1 aromatic heterocycles. The number of rotatable bonds is 4. The van der Waals surface area contributed by atoms with E-state index >= 15 is 0 Å². The highest BCUT2D eigenvalue weighted by molar-refractivity contribution is 5.75. The first kappa shape index (κ1) is 13.0. The molecule has 1 unspecified atom stereocenters. The minimum atomic E-state index is -0.679. The van der Waals surface area contributed by atoms with Crippen LogP contribution in [0.3, 0.4) is 0 Å². The van der Waals surface area contributed by atoms with E-state index in [2.05, 4.69) is 15.1 Å². The number of carboxylic acid groups (broad SMARTS) is 1. The van der Waals surface area contributed by atoms with E-state index in [9.17, 15) is 9.90 Å². The molecule has 1 fully saturated rings. The van der Waals surface area contributed by atoms with Gasteiger partial charge < -0.3 is 9.67 Å². The molecule has 0 bridgehead atoms. The van der Waals surface area contributed by atoms with Crippen LogP contribution in [0.4, 0.5) is 0 Å². The molecule has 1 saturated heterocycles. The quantitative estimate of drug-likeness (QED) is 0.858. The molecule has 2 heterocycles. The van der Waals surface area contributed by atoms with Crippen molar-refractivity contribution in [1.82, 2.24) is 19.7 Å². The van der Waals surface area contributed by atoms with Gasteiger partial charge in [-0.25, -0.2) is 0 Å². The van der Waals surface area contributed by atoms with E-state index in [0.717, 1.165) is 24.6 Å². The predicted molar refractivity (Wildman–Crippen MR) is 66.0 cm³/mol. The van der Waals surface area contributed by atoms with Gasteiger partial charge in [-0.15, -0.1) is 10.2 Å². The topological polar surface area (TPSA) is 71.2 Å². The first-order chi connectivity index (χ1) is 8.48. The van der Waals surface area contributed by atoms with Crippen LogP contribution in [0.1, 0.15) is 31.4 Å². The van der Waals surface area contributed by atoms with Crippen molar-refractivity contribution in [3.05, 3.63) is 11.6 Å². The molecular weight excluding hydrogens is 232 g/mol. The summed E-state index contributed by atoms with van der Waals surface area (Å²) in [6.07, 6.45) is 1.40. The highest BCUT2D eigenvalue weighted by Crippen LogP contribution is 2.34. The molecule has 0 spiro atoms. The summed E-state index contributed by atoms with van der Waals surface area (Å²) < 4.78 is 1.95. The largest absolute Gasteiger partial charge is 0.481 e. The molecular formula is C12H20N4O2. The summed E-state index contributed by atoms with van der Waals surface area (Å²) in [5.41, 5.74) is -0.576. The van der Waals surface area contributed by atoms with Crippen LogP contribution < -0.4 is 0 Å². The van der Waals surface area contributed by atoms with E-state index in [1.165, 1.54) is 0 Å². The molecule has 1 aliphatic heterocycles. The van der Waals surface area contributed by atoms with Crippen LogP contribution in [0.15, 0.2) is 0 Å². The van der Waals surface area contributed by atoms with E-state index in [4.69, 9.17) is 0 Å². The van der Waals surface area contributed by atoms with Gasteiger partial charge >= 0.3 is 5.97 Å². The van der Waals surface area contributed by atoms with Crippen LogP contribution in [-0.4, -0.2) is 43.8 Å². The van der Waals surface area contributed by atoms with E-state index in [0.29, 0.717) is 19.5 Å². The Morgan fingerprint density at radius 1 is 1.50 bits per heavy atom. The number of likely N-dealkylation sites (tertiary alicyclic amines) is 1. The molecule has 0 aliphatic carbocycles. The van der Waals surface area contributed by atoms with Crippen LogP contribution >= 0.6 is 0 Å². The Bertz CT molecular complexity index is 457. The summed E-state index contributed by atoms with van der Waals surface area (Å²) >= 11 is 0. The second kappa shape index (κ2) is 4.68. The van der Waals surface area contributed by atoms with Crippen molar-refractivity contribution in [3.63, 3.8) is 0 Å². The lowest BCUT2D eigenvalue weighted by Crippen LogP contribution is -2.34. The van der Waals surface area contributed by atoms with Gasteiger partial charge in [0.2, 0.25) is 0 Å². The van der Waals surface area contributed by atoms with Crippen LogP contribution in [0.5, 0.6) is 0 Å². The SMILES string of the molecule is CCC1(C(=O)O)CCN(Cc2nnc(C)n2C)C1. The maximum atomic E-state index is 11.4. The number of hydrogen-bond donors (Lipinski definition) is 1. The standard InChI is InChI=1S/C12H20N4O2/c1-4-12(11(17)18)5-6-16(8-12)7-10-14-13-9(2)15(10)3/h4-8H2,1-3H3,(H,17,18). The van der Waals surface area contributed by atoms with Crippen molar-refractivity contribution in [1.29, 1.82) is 0 Å². The third kappa shape index (κ3) is 2.12. The van der Waals surface area contributed by atoms with Crippen LogP contribution in [0.25, 0.3) is 0 Å². The summed E-state index contributed by atoms with van der Waals surface area (Å²) in [6.45, 7) is 5.95. The Kier molecular flexibility index (Phi) is 3.38. The molecule has 1 aliphatic rings. The van der Waals surface area contributed by atoms with Gasteiger partial charge in [0, 0.05) is 13.6 Å². The molecule has 18 heavy (non-hydrogen) atoms. The predicted octanol–water partition coefficient (Wildman–Crippen LogP) is 0.810. The second-order valence-corrected chi connectivity index (χ2v) is 5.12. The summed E-state index contributed by atoms with van der Waals surface area (Å²) in [4.78, 5) is 13.5. The van der Waals surface area contributed by atoms with Gasteiger partial charge in [-0.1, -0.05) is 6.92 Å². The lowest BCUT2D eigenvalue weighted by molar-refractivity contribution is -0.148. The second-order valence-electron chi connectivity index (χ2n) is 5.12. The van der Waals surface area contributed by atoms with Gasteiger partial charge in [0.25, 0.3) is 0 Å². The molecule has 6 heteroatoms. The zero-order chi connectivity index (χ0) is 13.3. The van der Waals surface area contributed by atoms with Crippen LogP contribution in [0, 0.1) is 12.3 Å². The molecule has 1 N–H and O–H groups in total. The first-order valence-electron chi connectivity index (χ1n) is 6.29. The van der Waals surface area contributed by atoms with E-state index in [-0.39, 0.29) is 0 Å². The Hall–Kier alpha value is -1.43. The third-order valence-electron chi connectivity index (χ3n) is 4.11. The number of nitrogens with zero attached hydrogens (tertiary/aromatic N) is 4. The number of carboxylic acids is 1. The van der Waals surface area contributed by atoms with Crippen LogP contribution in [-0.2, 0) is 18.4 Å². The monoisotopic (exact) mass is 252 g/mol. The Morgan fingerprint density at radius 3 is 2.67 bits per heavy atom. The van der Waals surface area contributed by atoms with Crippen molar-refractivity contribution >= 4 is 5.97 Å². The summed E-state index contributed by atoms with van der Waals surface area (Å²) in [7, 11) is 1.94. The fourth-order valence-electron chi connectivity index (χ4n) is 2.50. The number of carbonyl (C=O) groups is 1. The summed E-state index contributed by atoms with van der Waals surface area (Å²) in [6, 6.07) is 0. The first-order valence-corrected chi connectivity index (χ1v) is 6.29. The fourth-order valence-corrected chi connectivity index (χ4v) is 2.50. The lowest BCUT2D eigenvalue weighted by atomic mass is 9.84. The Labute approximate surface area is 107 Å². The fraction of sp³-hybridized carbons (Fsp3) is 0.750. The molecule has 1 atom stereocenters. The van der Waals surface area contributed by atoms with Crippen LogP contribution in [0.2, 0.25) is 0 Å². The van der Waals surface area contributed by atoms with Gasteiger partial charge in [0.1, 0.15) is 11.6 Å². The maximum absolute atomic E-state index is 11.4. The van der Waals surface area contributed by atoms with Crippen molar-refractivity contribution in [2.75, 3.05) is 13.1 Å². The van der Waals surface area contributed by atoms with Gasteiger partial charge in [-0.3, -0.25) is 9.69 Å². The number of hydrogen-bond acceptors (Lipinski definition) is 4. The minimum Gasteiger partial charge on any atom is -0.481 e. The molecule has 0 amide bonds. The number of aliphatic carboxylic acids is 1. The third-order valence-corrected chi connectivity index (χ3v) is 4.11. The molecule has 6 nitrogen and oxygen atoms in total. The number of aryl methyl sites for hydroxylation is 1. The minimum absolute atomic E-state index is 0.576. The smallest absolute Gasteiger partial charge is 0.310 e. The van der Waals surface area contributed by atoms with Crippen molar-refractivity contribution in [2.24, 2.45) is 12.5 Å². The van der Waals surface area contributed by atoms with E-state index < -0.39 is 11.4 Å². The average molecular weight is 252 g/mol. The molecule has 0 saturated carbocycles. The molecule has 0 aromatic carbocycles. The zero-order valence-electron chi connectivity index (χ0n) is 11.2. The van der Waals surface area contributed by atoms with E-state index in [1.54, 1.807) is 0 Å². The highest BCUT2D eigenvalue weighted by atomic mass is 16.4. The molecule has 100 valence electrons. The highest BCUT2D eigenvalue weighted by Gasteiger charge is 2.43. The molecule has 2 rings (SSSR count). The Morgan fingerprint density at radius 2 is 2.22 bits per heavy atom. The molecule has 1 aromatic rings. The summed E-state index contributed by atoms with van der Waals surface area (Å²) in [5.74, 6) is 1.09. The Balaban J connectivity index is 2.06. The maximum Gasteiger partial charge on any atom is 0.310 e. The van der Waals surface area contributed by atoms with Crippen molar-refractivity contribution < 1.29 is 9.90 Å². The van der Waals surface area contributed by atoms with Gasteiger partial charge in [0.05, 0.1) is 12.0 Å².